The number of carboxylic acid groups (broad SMARTS) is 1. The van der Waals surface area contributed by atoms with E-state index in [1.54, 1.807) is 12.1 Å². The van der Waals surface area contributed by atoms with E-state index in [2.05, 4.69) is 0 Å². The first-order chi connectivity index (χ1) is 11.4. The molecule has 6 heteroatoms. The summed E-state index contributed by atoms with van der Waals surface area (Å²) in [6, 6.07) is 5.12. The molecule has 0 heterocycles. The van der Waals surface area contributed by atoms with Crippen LogP contribution >= 0.6 is 0 Å². The number of rotatable bonds is 5. The van der Waals surface area contributed by atoms with Crippen LogP contribution in [0.4, 0.5) is 5.69 Å². The summed E-state index contributed by atoms with van der Waals surface area (Å²) in [4.78, 5) is 21.6. The molecular weight excluding hydrogens is 310 g/mol. The number of nitrogens with zero attached hydrogens (tertiary/aromatic N) is 1. The lowest BCUT2D eigenvalue weighted by Gasteiger charge is -2.57. The van der Waals surface area contributed by atoms with E-state index in [0.717, 1.165) is 42.6 Å². The molecule has 5 rings (SSSR count). The summed E-state index contributed by atoms with van der Waals surface area (Å²) in [5.41, 5.74) is 0.991. The Morgan fingerprint density at radius 3 is 2.29 bits per heavy atom. The standard InChI is InChI=1S/C18H21NO5/c20-17(21)10-24-16-2-1-14(6-15(16)19(22)23)18-7-11-3-12(8-18)5-13(4-11)9-18/h1-2,6,11-13H,3-5,7-10H2,(H,20,21). The summed E-state index contributed by atoms with van der Waals surface area (Å²) in [6.07, 6.45) is 7.35. The predicted octanol–water partition coefficient (Wildman–Crippen LogP) is 3.53. The Balaban J connectivity index is 1.67. The van der Waals surface area contributed by atoms with E-state index < -0.39 is 17.5 Å². The van der Waals surface area contributed by atoms with Crippen LogP contribution in [0.15, 0.2) is 18.2 Å². The molecule has 1 aromatic carbocycles. The van der Waals surface area contributed by atoms with Gasteiger partial charge in [-0.2, -0.15) is 0 Å². The number of nitro groups is 1. The highest BCUT2D eigenvalue weighted by molar-refractivity contribution is 5.68. The molecule has 4 aliphatic carbocycles. The molecule has 0 radical (unpaired) electrons. The SMILES string of the molecule is O=C(O)COc1ccc(C23CC4CC(CC(C4)C2)C3)cc1[N+](=O)[O-]. The van der Waals surface area contributed by atoms with Crippen LogP contribution in [0.5, 0.6) is 5.75 Å². The third kappa shape index (κ3) is 2.54. The molecule has 0 amide bonds. The molecule has 4 bridgehead atoms. The fourth-order valence-corrected chi connectivity index (χ4v) is 5.72. The van der Waals surface area contributed by atoms with Gasteiger partial charge in [-0.15, -0.1) is 0 Å². The van der Waals surface area contributed by atoms with E-state index in [4.69, 9.17) is 9.84 Å². The van der Waals surface area contributed by atoms with Gasteiger partial charge in [0.15, 0.2) is 12.4 Å². The van der Waals surface area contributed by atoms with Crippen molar-refractivity contribution in [2.24, 2.45) is 17.8 Å². The predicted molar refractivity (Wildman–Crippen MR) is 86.1 cm³/mol. The van der Waals surface area contributed by atoms with Crippen LogP contribution in [0, 0.1) is 27.9 Å². The van der Waals surface area contributed by atoms with E-state index >= 15 is 0 Å². The smallest absolute Gasteiger partial charge is 0.341 e. The Labute approximate surface area is 140 Å². The monoisotopic (exact) mass is 331 g/mol. The van der Waals surface area contributed by atoms with Crippen LogP contribution in [-0.2, 0) is 10.2 Å². The lowest BCUT2D eigenvalue weighted by Crippen LogP contribution is -2.48. The molecule has 0 aromatic heterocycles. The number of ether oxygens (including phenoxy) is 1. The minimum atomic E-state index is -1.14. The first-order valence-corrected chi connectivity index (χ1v) is 8.59. The van der Waals surface area contributed by atoms with Gasteiger partial charge in [-0.05, 0) is 73.3 Å². The minimum absolute atomic E-state index is 0.0379. The van der Waals surface area contributed by atoms with E-state index in [-0.39, 0.29) is 16.9 Å². The van der Waals surface area contributed by atoms with E-state index in [0.29, 0.717) is 0 Å². The number of hydrogen-bond acceptors (Lipinski definition) is 4. The summed E-state index contributed by atoms with van der Waals surface area (Å²) in [5.74, 6) is 1.18. The second-order valence-corrected chi connectivity index (χ2v) is 7.82. The van der Waals surface area contributed by atoms with Crippen LogP contribution < -0.4 is 4.74 Å². The average molecular weight is 331 g/mol. The van der Waals surface area contributed by atoms with E-state index in [9.17, 15) is 14.9 Å². The zero-order chi connectivity index (χ0) is 16.9. The van der Waals surface area contributed by atoms with Crippen molar-refractivity contribution in [2.75, 3.05) is 6.61 Å². The van der Waals surface area contributed by atoms with Gasteiger partial charge in [-0.3, -0.25) is 10.1 Å². The average Bonchev–Trinajstić information content (AvgIpc) is 2.51. The highest BCUT2D eigenvalue weighted by Gasteiger charge is 2.51. The topological polar surface area (TPSA) is 89.7 Å². The quantitative estimate of drug-likeness (QED) is 0.658. The molecule has 0 spiro atoms. The van der Waals surface area contributed by atoms with E-state index in [1.807, 2.05) is 6.07 Å². The van der Waals surface area contributed by atoms with Crippen LogP contribution in [0.1, 0.15) is 44.1 Å². The first-order valence-electron chi connectivity index (χ1n) is 8.59. The van der Waals surface area contributed by atoms with Gasteiger partial charge in [0.1, 0.15) is 0 Å². The van der Waals surface area contributed by atoms with Crippen LogP contribution in [0.25, 0.3) is 0 Å². The van der Waals surface area contributed by atoms with Crippen LogP contribution in [0.2, 0.25) is 0 Å². The second-order valence-electron chi connectivity index (χ2n) is 7.82. The Morgan fingerprint density at radius 1 is 1.21 bits per heavy atom. The van der Waals surface area contributed by atoms with Crippen molar-refractivity contribution in [3.05, 3.63) is 33.9 Å². The van der Waals surface area contributed by atoms with Crippen LogP contribution in [0.3, 0.4) is 0 Å². The lowest BCUT2D eigenvalue weighted by atomic mass is 9.48. The fourth-order valence-electron chi connectivity index (χ4n) is 5.72. The largest absolute Gasteiger partial charge is 0.479 e. The maximum atomic E-state index is 11.4. The number of benzene rings is 1. The van der Waals surface area contributed by atoms with Crippen molar-refractivity contribution in [2.45, 2.75) is 43.9 Å². The summed E-state index contributed by atoms with van der Waals surface area (Å²) in [5, 5.41) is 20.1. The summed E-state index contributed by atoms with van der Waals surface area (Å²) >= 11 is 0. The van der Waals surface area contributed by atoms with Crippen molar-refractivity contribution in [1.82, 2.24) is 0 Å². The van der Waals surface area contributed by atoms with Gasteiger partial charge in [0.2, 0.25) is 0 Å². The Bertz CT molecular complexity index is 663. The summed E-state index contributed by atoms with van der Waals surface area (Å²) < 4.78 is 5.09. The number of aliphatic carboxylic acids is 1. The Hall–Kier alpha value is -2.11. The highest BCUT2D eigenvalue weighted by atomic mass is 16.6. The summed E-state index contributed by atoms with van der Waals surface area (Å²) in [6.45, 7) is -0.572. The van der Waals surface area contributed by atoms with Crippen molar-refractivity contribution < 1.29 is 19.6 Å². The molecule has 0 saturated heterocycles. The van der Waals surface area contributed by atoms with Gasteiger partial charge in [-0.1, -0.05) is 6.07 Å². The third-order valence-corrected chi connectivity index (χ3v) is 6.16. The number of hydrogen-bond donors (Lipinski definition) is 1. The normalized spacial score (nSPS) is 33.4. The lowest BCUT2D eigenvalue weighted by molar-refractivity contribution is -0.385. The molecule has 4 fully saturated rings. The number of nitro benzene ring substituents is 1. The van der Waals surface area contributed by atoms with Crippen molar-refractivity contribution >= 4 is 11.7 Å². The second kappa shape index (κ2) is 5.46. The highest BCUT2D eigenvalue weighted by Crippen LogP contribution is 2.61. The van der Waals surface area contributed by atoms with Crippen molar-refractivity contribution in [3.63, 3.8) is 0 Å². The first kappa shape index (κ1) is 15.4. The van der Waals surface area contributed by atoms with Gasteiger partial charge in [0.25, 0.3) is 0 Å². The molecule has 1 aromatic rings. The molecule has 4 aliphatic rings. The molecule has 128 valence electrons. The zero-order valence-corrected chi connectivity index (χ0v) is 13.4. The van der Waals surface area contributed by atoms with Crippen molar-refractivity contribution in [1.29, 1.82) is 0 Å². The summed E-state index contributed by atoms with van der Waals surface area (Å²) in [7, 11) is 0. The molecule has 4 saturated carbocycles. The maximum absolute atomic E-state index is 11.4. The minimum Gasteiger partial charge on any atom is -0.479 e. The number of carboxylic acids is 1. The third-order valence-electron chi connectivity index (χ3n) is 6.16. The molecular formula is C18H21NO5. The van der Waals surface area contributed by atoms with Gasteiger partial charge in [0, 0.05) is 6.07 Å². The molecule has 24 heavy (non-hydrogen) atoms. The van der Waals surface area contributed by atoms with E-state index in [1.165, 1.54) is 19.3 Å². The van der Waals surface area contributed by atoms with Crippen molar-refractivity contribution in [3.8, 4) is 5.75 Å². The van der Waals surface area contributed by atoms with Crippen LogP contribution in [-0.4, -0.2) is 22.6 Å². The Morgan fingerprint density at radius 2 is 1.79 bits per heavy atom. The molecule has 0 atom stereocenters. The number of carbonyl (C=O) groups is 1. The zero-order valence-electron chi connectivity index (χ0n) is 13.4. The molecule has 6 nitrogen and oxygen atoms in total. The molecule has 0 aliphatic heterocycles. The van der Waals surface area contributed by atoms with Gasteiger partial charge >= 0.3 is 11.7 Å². The molecule has 1 N–H and O–H groups in total. The fraction of sp³-hybridized carbons (Fsp3) is 0.611. The Kier molecular flexibility index (Phi) is 3.51. The maximum Gasteiger partial charge on any atom is 0.341 e. The van der Waals surface area contributed by atoms with Gasteiger partial charge < -0.3 is 9.84 Å². The van der Waals surface area contributed by atoms with Gasteiger partial charge in [0.05, 0.1) is 4.92 Å². The van der Waals surface area contributed by atoms with Gasteiger partial charge in [-0.25, -0.2) is 4.79 Å². The molecule has 0 unspecified atom stereocenters.